The number of carbonyl (C=O) groups excluding carboxylic acids is 1. The Morgan fingerprint density at radius 1 is 1.25 bits per heavy atom. The predicted molar refractivity (Wildman–Crippen MR) is 107 cm³/mol. The Morgan fingerprint density at radius 2 is 2.04 bits per heavy atom. The molecular formula is C21H25N3O4. The summed E-state index contributed by atoms with van der Waals surface area (Å²) < 4.78 is 5.34. The number of nitro benzene ring substituents is 1. The van der Waals surface area contributed by atoms with Gasteiger partial charge in [0.15, 0.2) is 6.61 Å². The van der Waals surface area contributed by atoms with Crippen LogP contribution in [0.25, 0.3) is 0 Å². The number of likely N-dealkylation sites (tertiary alicyclic amines) is 1. The van der Waals surface area contributed by atoms with Crippen molar-refractivity contribution in [2.24, 2.45) is 0 Å². The average molecular weight is 383 g/mol. The first-order valence-electron chi connectivity index (χ1n) is 9.51. The predicted octanol–water partition coefficient (Wildman–Crippen LogP) is 3.99. The fourth-order valence-electron chi connectivity index (χ4n) is 3.35. The van der Waals surface area contributed by atoms with Gasteiger partial charge in [-0.05, 0) is 50.1 Å². The Balaban J connectivity index is 1.49. The highest BCUT2D eigenvalue weighted by Gasteiger charge is 2.18. The number of piperidine rings is 1. The fourth-order valence-corrected chi connectivity index (χ4v) is 3.35. The Labute approximate surface area is 164 Å². The molecule has 0 bridgehead atoms. The van der Waals surface area contributed by atoms with Gasteiger partial charge in [0, 0.05) is 24.3 Å². The summed E-state index contributed by atoms with van der Waals surface area (Å²) in [6, 6.07) is 14.2. The summed E-state index contributed by atoms with van der Waals surface area (Å²) in [5.41, 5.74) is 1.85. The van der Waals surface area contributed by atoms with Gasteiger partial charge in [-0.2, -0.15) is 0 Å². The number of benzene rings is 2. The maximum atomic E-state index is 12.1. The Bertz CT molecular complexity index is 823. The second-order valence-corrected chi connectivity index (χ2v) is 7.10. The van der Waals surface area contributed by atoms with E-state index in [-0.39, 0.29) is 24.0 Å². The third-order valence-corrected chi connectivity index (χ3v) is 4.96. The molecule has 1 amide bonds. The zero-order valence-corrected chi connectivity index (χ0v) is 16.0. The van der Waals surface area contributed by atoms with E-state index in [9.17, 15) is 14.9 Å². The lowest BCUT2D eigenvalue weighted by molar-refractivity contribution is -0.384. The number of hydrogen-bond donors (Lipinski definition) is 1. The molecule has 7 heteroatoms. The van der Waals surface area contributed by atoms with Crippen molar-refractivity contribution in [3.8, 4) is 5.75 Å². The van der Waals surface area contributed by atoms with Crippen LogP contribution in [0.3, 0.4) is 0 Å². The third-order valence-electron chi connectivity index (χ3n) is 4.96. The molecule has 2 aromatic carbocycles. The molecule has 0 aliphatic carbocycles. The molecule has 1 aliphatic rings. The van der Waals surface area contributed by atoms with Crippen molar-refractivity contribution in [3.63, 3.8) is 0 Å². The molecular weight excluding hydrogens is 358 g/mol. The maximum absolute atomic E-state index is 12.1. The van der Waals surface area contributed by atoms with E-state index >= 15 is 0 Å². The number of carbonyl (C=O) groups is 1. The van der Waals surface area contributed by atoms with E-state index in [1.165, 1.54) is 43.0 Å². The van der Waals surface area contributed by atoms with E-state index in [2.05, 4.69) is 17.1 Å². The molecule has 1 fully saturated rings. The summed E-state index contributed by atoms with van der Waals surface area (Å²) in [4.78, 5) is 24.8. The van der Waals surface area contributed by atoms with Gasteiger partial charge in [0.2, 0.25) is 0 Å². The largest absolute Gasteiger partial charge is 0.484 e. The number of anilines is 1. The lowest BCUT2D eigenvalue weighted by Crippen LogP contribution is -2.36. The van der Waals surface area contributed by atoms with Crippen molar-refractivity contribution in [2.75, 3.05) is 18.5 Å². The molecule has 1 N–H and O–H groups in total. The van der Waals surface area contributed by atoms with Crippen molar-refractivity contribution in [3.05, 3.63) is 64.2 Å². The lowest BCUT2D eigenvalue weighted by Gasteiger charge is -2.33. The van der Waals surface area contributed by atoms with Crippen LogP contribution in [-0.2, 0) is 11.3 Å². The minimum Gasteiger partial charge on any atom is -0.484 e. The smallest absolute Gasteiger partial charge is 0.273 e. The Kier molecular flexibility index (Phi) is 6.60. The van der Waals surface area contributed by atoms with E-state index in [1.54, 1.807) is 6.07 Å². The molecule has 1 heterocycles. The maximum Gasteiger partial charge on any atom is 0.273 e. The average Bonchev–Trinajstić information content (AvgIpc) is 2.70. The van der Waals surface area contributed by atoms with Crippen LogP contribution in [-0.4, -0.2) is 34.9 Å². The number of nitrogens with one attached hydrogen (secondary N) is 1. The molecule has 148 valence electrons. The molecule has 0 aromatic heterocycles. The number of amides is 1. The van der Waals surface area contributed by atoms with Crippen LogP contribution in [0.4, 0.5) is 11.4 Å². The van der Waals surface area contributed by atoms with Gasteiger partial charge in [-0.25, -0.2) is 0 Å². The van der Waals surface area contributed by atoms with Crippen molar-refractivity contribution in [2.45, 2.75) is 38.8 Å². The van der Waals surface area contributed by atoms with E-state index in [0.29, 0.717) is 11.7 Å². The van der Waals surface area contributed by atoms with Crippen molar-refractivity contribution in [1.29, 1.82) is 0 Å². The summed E-state index contributed by atoms with van der Waals surface area (Å²) in [6.07, 6.45) is 3.81. The van der Waals surface area contributed by atoms with Gasteiger partial charge in [0.05, 0.1) is 11.0 Å². The van der Waals surface area contributed by atoms with E-state index in [0.717, 1.165) is 13.1 Å². The van der Waals surface area contributed by atoms with Crippen LogP contribution in [0.2, 0.25) is 0 Å². The lowest BCUT2D eigenvalue weighted by atomic mass is 10.0. The number of nitro groups is 1. The van der Waals surface area contributed by atoms with Crippen LogP contribution >= 0.6 is 0 Å². The normalized spacial score (nSPS) is 17.1. The van der Waals surface area contributed by atoms with Gasteiger partial charge in [-0.15, -0.1) is 0 Å². The number of non-ortho nitro benzene ring substituents is 1. The third kappa shape index (κ3) is 5.53. The Morgan fingerprint density at radius 3 is 2.75 bits per heavy atom. The first kappa shape index (κ1) is 19.8. The topological polar surface area (TPSA) is 84.7 Å². The highest BCUT2D eigenvalue weighted by molar-refractivity contribution is 5.91. The SMILES string of the molecule is CC1CCCCN1Cc1ccc(NC(=O)COc2cccc([N+](=O)[O-])c2)cc1. The zero-order chi connectivity index (χ0) is 19.9. The quantitative estimate of drug-likeness (QED) is 0.577. The van der Waals surface area contributed by atoms with E-state index in [4.69, 9.17) is 4.74 Å². The summed E-state index contributed by atoms with van der Waals surface area (Å²) in [5.74, 6) is -0.0285. The molecule has 2 aromatic rings. The highest BCUT2D eigenvalue weighted by Crippen LogP contribution is 2.21. The van der Waals surface area contributed by atoms with Gasteiger partial charge >= 0.3 is 0 Å². The molecule has 0 spiro atoms. The standard InChI is InChI=1S/C21H25N3O4/c1-16-5-2-3-12-23(16)14-17-8-10-18(11-9-17)22-21(25)15-28-20-7-4-6-19(13-20)24(26)27/h4,6-11,13,16H,2-3,5,12,14-15H2,1H3,(H,22,25). The molecule has 0 saturated carbocycles. The van der Waals surface area contributed by atoms with Gasteiger partial charge < -0.3 is 10.1 Å². The number of hydrogen-bond acceptors (Lipinski definition) is 5. The van der Waals surface area contributed by atoms with E-state index in [1.807, 2.05) is 24.3 Å². The summed E-state index contributed by atoms with van der Waals surface area (Å²) >= 11 is 0. The minimum atomic E-state index is -0.501. The molecule has 1 atom stereocenters. The van der Waals surface area contributed by atoms with Crippen LogP contribution < -0.4 is 10.1 Å². The molecule has 28 heavy (non-hydrogen) atoms. The van der Waals surface area contributed by atoms with Gasteiger partial charge in [0.25, 0.3) is 11.6 Å². The molecule has 0 radical (unpaired) electrons. The molecule has 1 unspecified atom stereocenters. The van der Waals surface area contributed by atoms with Crippen LogP contribution in [0, 0.1) is 10.1 Å². The second-order valence-electron chi connectivity index (χ2n) is 7.10. The second kappa shape index (κ2) is 9.32. The van der Waals surface area contributed by atoms with Gasteiger partial charge in [-0.3, -0.25) is 19.8 Å². The molecule has 1 aliphatic heterocycles. The minimum absolute atomic E-state index is 0.0727. The first-order chi connectivity index (χ1) is 13.5. The van der Waals surface area contributed by atoms with Crippen molar-refractivity contribution < 1.29 is 14.5 Å². The number of nitrogens with zero attached hydrogens (tertiary/aromatic N) is 2. The monoisotopic (exact) mass is 383 g/mol. The van der Waals surface area contributed by atoms with Crippen LogP contribution in [0.15, 0.2) is 48.5 Å². The Hall–Kier alpha value is -2.93. The highest BCUT2D eigenvalue weighted by atomic mass is 16.6. The van der Waals surface area contributed by atoms with Crippen molar-refractivity contribution >= 4 is 17.3 Å². The van der Waals surface area contributed by atoms with Crippen LogP contribution in [0.1, 0.15) is 31.7 Å². The van der Waals surface area contributed by atoms with Crippen LogP contribution in [0.5, 0.6) is 5.75 Å². The zero-order valence-electron chi connectivity index (χ0n) is 16.0. The van der Waals surface area contributed by atoms with Crippen molar-refractivity contribution in [1.82, 2.24) is 4.90 Å². The van der Waals surface area contributed by atoms with Gasteiger partial charge in [0.1, 0.15) is 5.75 Å². The number of ether oxygens (including phenoxy) is 1. The van der Waals surface area contributed by atoms with E-state index < -0.39 is 4.92 Å². The first-order valence-corrected chi connectivity index (χ1v) is 9.51. The van der Waals surface area contributed by atoms with Gasteiger partial charge in [-0.1, -0.05) is 24.6 Å². The molecule has 3 rings (SSSR count). The molecule has 1 saturated heterocycles. The summed E-state index contributed by atoms with van der Waals surface area (Å²) in [7, 11) is 0. The molecule has 7 nitrogen and oxygen atoms in total. The number of rotatable bonds is 7. The fraction of sp³-hybridized carbons (Fsp3) is 0.381. The summed E-state index contributed by atoms with van der Waals surface area (Å²) in [5, 5.41) is 13.5. The summed E-state index contributed by atoms with van der Waals surface area (Å²) in [6.45, 7) is 4.11.